The minimum atomic E-state index is -0.480. The van der Waals surface area contributed by atoms with E-state index in [0.29, 0.717) is 41.1 Å². The molecule has 1 aromatic carbocycles. The number of fused-ring (bicyclic) bond motifs is 1. The fourth-order valence-electron chi connectivity index (χ4n) is 2.84. The van der Waals surface area contributed by atoms with Crippen molar-refractivity contribution in [1.82, 2.24) is 9.88 Å². The van der Waals surface area contributed by atoms with E-state index in [-0.39, 0.29) is 18.9 Å². The summed E-state index contributed by atoms with van der Waals surface area (Å²) in [5.74, 6) is -0.176. The number of rotatable bonds is 7. The van der Waals surface area contributed by atoms with Crippen LogP contribution in [0, 0.1) is 6.92 Å². The fourth-order valence-corrected chi connectivity index (χ4v) is 2.84. The quantitative estimate of drug-likeness (QED) is 0.639. The summed E-state index contributed by atoms with van der Waals surface area (Å²) >= 11 is 0. The smallest absolute Gasteiger partial charge is 0.419 e. The Morgan fingerprint density at radius 1 is 1.22 bits per heavy atom. The zero-order valence-corrected chi connectivity index (χ0v) is 15.1. The van der Waals surface area contributed by atoms with Gasteiger partial charge in [0.05, 0.1) is 19.2 Å². The topological polar surface area (TPSA) is 104 Å². The van der Waals surface area contributed by atoms with Gasteiger partial charge in [-0.05, 0) is 31.5 Å². The number of ether oxygens (including phenoxy) is 1. The molecule has 0 atom stereocenters. The lowest BCUT2D eigenvalue weighted by molar-refractivity contribution is -0.121. The maximum Gasteiger partial charge on any atom is 0.419 e. The summed E-state index contributed by atoms with van der Waals surface area (Å²) in [5.41, 5.74) is 1.58. The molecule has 1 amide bonds. The first-order valence-electron chi connectivity index (χ1n) is 8.52. The van der Waals surface area contributed by atoms with Gasteiger partial charge in [0.25, 0.3) is 0 Å². The average molecular weight is 372 g/mol. The lowest BCUT2D eigenvalue weighted by atomic mass is 10.2. The van der Waals surface area contributed by atoms with Crippen molar-refractivity contribution in [2.24, 2.45) is 0 Å². The molecule has 3 rings (SSSR count). The highest BCUT2D eigenvalue weighted by Crippen LogP contribution is 2.16. The lowest BCUT2D eigenvalue weighted by Crippen LogP contribution is -2.23. The van der Waals surface area contributed by atoms with Crippen LogP contribution in [0.5, 0.6) is 0 Å². The number of carbonyl (C=O) groups excluding carboxylic acids is 2. The normalized spacial score (nSPS) is 10.9. The predicted molar refractivity (Wildman–Crippen MR) is 96.3 cm³/mol. The molecule has 1 N–H and O–H groups in total. The molecule has 8 heteroatoms. The van der Waals surface area contributed by atoms with E-state index in [1.807, 2.05) is 6.07 Å². The highest BCUT2D eigenvalue weighted by Gasteiger charge is 2.15. The number of methoxy groups -OCH3 is 1. The average Bonchev–Trinajstić information content (AvgIpc) is 3.19. The van der Waals surface area contributed by atoms with Gasteiger partial charge in [-0.15, -0.1) is 0 Å². The van der Waals surface area contributed by atoms with E-state index in [1.165, 1.54) is 11.7 Å². The zero-order chi connectivity index (χ0) is 19.4. The number of carbonyl (C=O) groups is 2. The molecule has 8 nitrogen and oxygen atoms in total. The molecule has 0 radical (unpaired) electrons. The molecule has 0 fully saturated rings. The molecular weight excluding hydrogens is 352 g/mol. The van der Waals surface area contributed by atoms with Crippen molar-refractivity contribution in [2.75, 3.05) is 7.11 Å². The Kier molecular flexibility index (Phi) is 5.44. The van der Waals surface area contributed by atoms with Gasteiger partial charge in [-0.25, -0.2) is 9.59 Å². The SMILES string of the molecule is COC(=O)c1cc(CNC(=O)CCCn2c(=O)oc3ccccc32)oc1C. The molecule has 2 aromatic heterocycles. The van der Waals surface area contributed by atoms with E-state index in [1.54, 1.807) is 31.2 Å². The number of amides is 1. The van der Waals surface area contributed by atoms with Crippen LogP contribution in [0.25, 0.3) is 11.1 Å². The van der Waals surface area contributed by atoms with Crippen LogP contribution in [0.4, 0.5) is 0 Å². The van der Waals surface area contributed by atoms with E-state index in [2.05, 4.69) is 10.1 Å². The number of oxazole rings is 1. The largest absolute Gasteiger partial charge is 0.465 e. The van der Waals surface area contributed by atoms with Crippen molar-refractivity contribution in [3.8, 4) is 0 Å². The molecule has 0 aliphatic rings. The van der Waals surface area contributed by atoms with Crippen LogP contribution in [0.1, 0.15) is 34.7 Å². The number of aromatic nitrogens is 1. The maximum absolute atomic E-state index is 12.0. The van der Waals surface area contributed by atoms with Crippen LogP contribution < -0.4 is 11.1 Å². The number of para-hydroxylation sites is 2. The molecule has 0 saturated carbocycles. The summed E-state index contributed by atoms with van der Waals surface area (Å²) in [7, 11) is 1.30. The molecule has 27 heavy (non-hydrogen) atoms. The van der Waals surface area contributed by atoms with Gasteiger partial charge in [0, 0.05) is 13.0 Å². The third kappa shape index (κ3) is 4.11. The zero-order valence-electron chi connectivity index (χ0n) is 15.1. The summed E-state index contributed by atoms with van der Waals surface area (Å²) in [6.07, 6.45) is 0.732. The van der Waals surface area contributed by atoms with E-state index in [4.69, 9.17) is 8.83 Å². The number of hydrogen-bond donors (Lipinski definition) is 1. The Bertz CT molecular complexity index is 1030. The molecule has 0 aliphatic carbocycles. The van der Waals surface area contributed by atoms with E-state index >= 15 is 0 Å². The van der Waals surface area contributed by atoms with Crippen molar-refractivity contribution in [3.63, 3.8) is 0 Å². The molecule has 142 valence electrons. The van der Waals surface area contributed by atoms with Gasteiger partial charge in [-0.1, -0.05) is 12.1 Å². The molecule has 3 aromatic rings. The lowest BCUT2D eigenvalue weighted by Gasteiger charge is -2.04. The highest BCUT2D eigenvalue weighted by molar-refractivity contribution is 5.90. The first-order chi connectivity index (χ1) is 13.0. The molecule has 0 bridgehead atoms. The van der Waals surface area contributed by atoms with Crippen molar-refractivity contribution in [2.45, 2.75) is 32.9 Å². The number of aryl methyl sites for hydroxylation is 2. The molecule has 0 saturated heterocycles. The van der Waals surface area contributed by atoms with Crippen LogP contribution >= 0.6 is 0 Å². The van der Waals surface area contributed by atoms with Gasteiger partial charge in [-0.2, -0.15) is 0 Å². The Balaban J connectivity index is 1.51. The summed E-state index contributed by atoms with van der Waals surface area (Å²) in [5, 5.41) is 2.73. The third-order valence-corrected chi connectivity index (χ3v) is 4.19. The monoisotopic (exact) mass is 372 g/mol. The summed E-state index contributed by atoms with van der Waals surface area (Å²) < 4.78 is 16.8. The van der Waals surface area contributed by atoms with Gasteiger partial charge in [-0.3, -0.25) is 9.36 Å². The van der Waals surface area contributed by atoms with Gasteiger partial charge >= 0.3 is 11.7 Å². The fraction of sp³-hybridized carbons (Fsp3) is 0.316. The Labute approximate surface area is 154 Å². The standard InChI is InChI=1S/C19H20N2O6/c1-12-14(18(23)25-2)10-13(26-12)11-20-17(22)8-5-9-21-15-6-3-4-7-16(15)27-19(21)24/h3-4,6-7,10H,5,8-9,11H2,1-2H3,(H,20,22). The second-order valence-electron chi connectivity index (χ2n) is 6.04. The minimum Gasteiger partial charge on any atom is -0.465 e. The number of benzene rings is 1. The summed E-state index contributed by atoms with van der Waals surface area (Å²) in [6.45, 7) is 2.21. The van der Waals surface area contributed by atoms with Crippen molar-refractivity contribution in [1.29, 1.82) is 0 Å². The molecule has 2 heterocycles. The third-order valence-electron chi connectivity index (χ3n) is 4.19. The van der Waals surface area contributed by atoms with Crippen LogP contribution in [-0.4, -0.2) is 23.6 Å². The molecule has 0 spiro atoms. The van der Waals surface area contributed by atoms with E-state index in [9.17, 15) is 14.4 Å². The van der Waals surface area contributed by atoms with E-state index < -0.39 is 11.7 Å². The van der Waals surface area contributed by atoms with Crippen LogP contribution in [-0.2, 0) is 22.6 Å². The van der Waals surface area contributed by atoms with Gasteiger partial charge in [0.2, 0.25) is 5.91 Å². The van der Waals surface area contributed by atoms with Crippen molar-refractivity contribution >= 4 is 23.0 Å². The Morgan fingerprint density at radius 2 is 2.00 bits per heavy atom. The number of nitrogens with one attached hydrogen (secondary N) is 1. The van der Waals surface area contributed by atoms with Gasteiger partial charge in [0.15, 0.2) is 5.58 Å². The first kappa shape index (κ1) is 18.5. The van der Waals surface area contributed by atoms with Crippen LogP contribution in [0.2, 0.25) is 0 Å². The predicted octanol–water partition coefficient (Wildman–Crippen LogP) is 2.38. The molecule has 0 unspecified atom stereocenters. The van der Waals surface area contributed by atoms with Crippen LogP contribution in [0.15, 0.2) is 44.0 Å². The second kappa shape index (κ2) is 7.94. The van der Waals surface area contributed by atoms with Gasteiger partial charge in [0.1, 0.15) is 17.1 Å². The van der Waals surface area contributed by atoms with E-state index in [0.717, 1.165) is 0 Å². The molecular formula is C19H20N2O6. The number of hydrogen-bond acceptors (Lipinski definition) is 6. The van der Waals surface area contributed by atoms with Crippen LogP contribution in [0.3, 0.4) is 0 Å². The number of nitrogens with zero attached hydrogens (tertiary/aromatic N) is 1. The van der Waals surface area contributed by atoms with Gasteiger partial charge < -0.3 is 18.9 Å². The minimum absolute atomic E-state index is 0.172. The summed E-state index contributed by atoms with van der Waals surface area (Å²) in [6, 6.07) is 8.71. The Morgan fingerprint density at radius 3 is 2.78 bits per heavy atom. The first-order valence-corrected chi connectivity index (χ1v) is 8.52. The van der Waals surface area contributed by atoms with Crippen molar-refractivity contribution in [3.05, 3.63) is 58.0 Å². The highest BCUT2D eigenvalue weighted by atomic mass is 16.5. The molecule has 0 aliphatic heterocycles. The van der Waals surface area contributed by atoms with Crippen molar-refractivity contribution < 1.29 is 23.2 Å². The number of esters is 1. The maximum atomic E-state index is 12.0. The second-order valence-corrected chi connectivity index (χ2v) is 6.04. The number of furan rings is 1. The Hall–Kier alpha value is -3.29. The summed E-state index contributed by atoms with van der Waals surface area (Å²) in [4.78, 5) is 35.5.